The standard InChI is InChI=1S/C14H8BrClN2O/c15-12-3-1-2-10(13(12)16)14(19)11(8-17)9-4-6-18-7-5-9/h1-7,11H. The summed E-state index contributed by atoms with van der Waals surface area (Å²) in [6.07, 6.45) is 3.10. The van der Waals surface area contributed by atoms with Crippen LogP contribution < -0.4 is 0 Å². The molecule has 2 rings (SSSR count). The van der Waals surface area contributed by atoms with Crippen LogP contribution in [0, 0.1) is 11.3 Å². The highest BCUT2D eigenvalue weighted by Gasteiger charge is 2.24. The summed E-state index contributed by atoms with van der Waals surface area (Å²) in [5.74, 6) is -1.20. The number of hydrogen-bond acceptors (Lipinski definition) is 3. The van der Waals surface area contributed by atoms with Crippen molar-refractivity contribution < 1.29 is 4.79 Å². The van der Waals surface area contributed by atoms with Gasteiger partial charge >= 0.3 is 0 Å². The van der Waals surface area contributed by atoms with E-state index in [0.29, 0.717) is 20.6 Å². The van der Waals surface area contributed by atoms with Crippen molar-refractivity contribution in [3.8, 4) is 6.07 Å². The summed E-state index contributed by atoms with van der Waals surface area (Å²) in [5, 5.41) is 9.55. The molecule has 19 heavy (non-hydrogen) atoms. The summed E-state index contributed by atoms with van der Waals surface area (Å²) in [7, 11) is 0. The second-order valence-electron chi connectivity index (χ2n) is 3.81. The van der Waals surface area contributed by atoms with Gasteiger partial charge in [0.15, 0.2) is 5.78 Å². The number of nitriles is 1. The fourth-order valence-electron chi connectivity index (χ4n) is 1.69. The summed E-state index contributed by atoms with van der Waals surface area (Å²) in [4.78, 5) is 16.3. The van der Waals surface area contributed by atoms with Crippen molar-refractivity contribution >= 4 is 33.3 Å². The number of ketones is 1. The van der Waals surface area contributed by atoms with E-state index in [1.54, 1.807) is 42.7 Å². The monoisotopic (exact) mass is 334 g/mol. The quantitative estimate of drug-likeness (QED) is 0.797. The highest BCUT2D eigenvalue weighted by atomic mass is 79.9. The highest BCUT2D eigenvalue weighted by molar-refractivity contribution is 9.10. The van der Waals surface area contributed by atoms with E-state index in [4.69, 9.17) is 11.6 Å². The zero-order valence-corrected chi connectivity index (χ0v) is 12.0. The number of nitrogens with zero attached hydrogens (tertiary/aromatic N) is 2. The molecule has 0 amide bonds. The van der Waals surface area contributed by atoms with Crippen molar-refractivity contribution in [2.24, 2.45) is 0 Å². The van der Waals surface area contributed by atoms with Gasteiger partial charge in [-0.2, -0.15) is 5.26 Å². The van der Waals surface area contributed by atoms with Crippen LogP contribution in [-0.4, -0.2) is 10.8 Å². The minimum absolute atomic E-state index is 0.319. The topological polar surface area (TPSA) is 53.8 Å². The van der Waals surface area contributed by atoms with Crippen molar-refractivity contribution in [1.82, 2.24) is 4.98 Å². The summed E-state index contributed by atoms with van der Waals surface area (Å²) in [6.45, 7) is 0. The Morgan fingerprint density at radius 3 is 2.63 bits per heavy atom. The van der Waals surface area contributed by atoms with Crippen molar-refractivity contribution in [3.63, 3.8) is 0 Å². The highest BCUT2D eigenvalue weighted by Crippen LogP contribution is 2.30. The molecule has 0 aliphatic rings. The number of Topliss-reactive ketones (excluding diaryl/α,β-unsaturated/α-hetero) is 1. The predicted molar refractivity (Wildman–Crippen MR) is 76.1 cm³/mol. The smallest absolute Gasteiger partial charge is 0.185 e. The van der Waals surface area contributed by atoms with Crippen LogP contribution in [0.2, 0.25) is 5.02 Å². The maximum absolute atomic E-state index is 12.4. The number of benzene rings is 1. The van der Waals surface area contributed by atoms with Gasteiger partial charge in [-0.25, -0.2) is 0 Å². The fourth-order valence-corrected chi connectivity index (χ4v) is 2.28. The molecule has 1 unspecified atom stereocenters. The summed E-state index contributed by atoms with van der Waals surface area (Å²) in [5.41, 5.74) is 0.943. The van der Waals surface area contributed by atoms with Crippen LogP contribution in [0.25, 0.3) is 0 Å². The Hall–Kier alpha value is -1.70. The van der Waals surface area contributed by atoms with Crippen molar-refractivity contribution in [3.05, 3.63) is 63.3 Å². The normalized spacial score (nSPS) is 11.6. The van der Waals surface area contributed by atoms with Gasteiger partial charge in [0.25, 0.3) is 0 Å². The molecule has 0 bridgehead atoms. The first-order valence-corrected chi connectivity index (χ1v) is 6.60. The number of carbonyl (C=O) groups excluding carboxylic acids is 1. The van der Waals surface area contributed by atoms with Crippen LogP contribution >= 0.6 is 27.5 Å². The van der Waals surface area contributed by atoms with Gasteiger partial charge in [0.2, 0.25) is 0 Å². The van der Waals surface area contributed by atoms with Gasteiger partial charge in [-0.1, -0.05) is 17.7 Å². The molecule has 0 aliphatic carbocycles. The Balaban J connectivity index is 2.43. The predicted octanol–water partition coefficient (Wildman–Crippen LogP) is 3.99. The molecule has 0 saturated carbocycles. The second kappa shape index (κ2) is 5.96. The zero-order valence-electron chi connectivity index (χ0n) is 9.68. The maximum Gasteiger partial charge on any atom is 0.185 e. The van der Waals surface area contributed by atoms with Gasteiger partial charge in [-0.15, -0.1) is 0 Å². The van der Waals surface area contributed by atoms with Crippen LogP contribution in [0.15, 0.2) is 47.2 Å². The zero-order chi connectivity index (χ0) is 13.8. The minimum atomic E-state index is -0.880. The van der Waals surface area contributed by atoms with Crippen LogP contribution in [0.1, 0.15) is 21.8 Å². The Morgan fingerprint density at radius 2 is 2.00 bits per heavy atom. The van der Waals surface area contributed by atoms with E-state index < -0.39 is 5.92 Å². The third kappa shape index (κ3) is 2.83. The third-order valence-electron chi connectivity index (χ3n) is 2.65. The first-order chi connectivity index (χ1) is 9.15. The number of carbonyl (C=O) groups is 1. The van der Waals surface area contributed by atoms with E-state index in [1.807, 2.05) is 6.07 Å². The number of aromatic nitrogens is 1. The molecule has 0 aliphatic heterocycles. The van der Waals surface area contributed by atoms with Gasteiger partial charge in [0, 0.05) is 22.4 Å². The molecule has 2 aromatic rings. The second-order valence-corrected chi connectivity index (χ2v) is 5.04. The molecule has 1 atom stereocenters. The maximum atomic E-state index is 12.4. The van der Waals surface area contributed by atoms with Gasteiger partial charge in [0.05, 0.1) is 11.1 Å². The van der Waals surface area contributed by atoms with Gasteiger partial charge in [-0.3, -0.25) is 9.78 Å². The molecule has 0 fully saturated rings. The molecule has 0 spiro atoms. The lowest BCUT2D eigenvalue weighted by Crippen LogP contribution is -2.12. The number of rotatable bonds is 3. The van der Waals surface area contributed by atoms with E-state index in [-0.39, 0.29) is 5.78 Å². The first kappa shape index (κ1) is 13.7. The Morgan fingerprint density at radius 1 is 1.32 bits per heavy atom. The molecular weight excluding hydrogens is 328 g/mol. The molecule has 0 radical (unpaired) electrons. The molecular formula is C14H8BrClN2O. The largest absolute Gasteiger partial charge is 0.292 e. The lowest BCUT2D eigenvalue weighted by Gasteiger charge is -2.10. The molecule has 1 heterocycles. The van der Waals surface area contributed by atoms with Crippen molar-refractivity contribution in [2.45, 2.75) is 5.92 Å². The average molecular weight is 336 g/mol. The van der Waals surface area contributed by atoms with Crippen molar-refractivity contribution in [1.29, 1.82) is 5.26 Å². The third-order valence-corrected chi connectivity index (χ3v) is 3.94. The molecule has 0 N–H and O–H groups in total. The number of hydrogen-bond donors (Lipinski definition) is 0. The molecule has 1 aromatic carbocycles. The van der Waals surface area contributed by atoms with Crippen LogP contribution in [-0.2, 0) is 0 Å². The Kier molecular flexibility index (Phi) is 4.31. The summed E-state index contributed by atoms with van der Waals surface area (Å²) >= 11 is 9.35. The summed E-state index contributed by atoms with van der Waals surface area (Å²) < 4.78 is 0.631. The van der Waals surface area contributed by atoms with Gasteiger partial charge in [-0.05, 0) is 45.8 Å². The van der Waals surface area contributed by atoms with E-state index in [2.05, 4.69) is 20.9 Å². The lowest BCUT2D eigenvalue weighted by atomic mass is 9.92. The van der Waals surface area contributed by atoms with Crippen LogP contribution in [0.3, 0.4) is 0 Å². The lowest BCUT2D eigenvalue weighted by molar-refractivity contribution is 0.0979. The molecule has 3 nitrogen and oxygen atoms in total. The number of halogens is 2. The van der Waals surface area contributed by atoms with E-state index in [1.165, 1.54) is 0 Å². The molecule has 0 saturated heterocycles. The summed E-state index contributed by atoms with van der Waals surface area (Å²) in [6, 6.07) is 10.4. The van der Waals surface area contributed by atoms with Crippen LogP contribution in [0.5, 0.6) is 0 Å². The number of pyridine rings is 1. The molecule has 1 aromatic heterocycles. The van der Waals surface area contributed by atoms with Crippen molar-refractivity contribution in [2.75, 3.05) is 0 Å². The SMILES string of the molecule is N#CC(C(=O)c1cccc(Br)c1Cl)c1ccncc1. The van der Waals surface area contributed by atoms with E-state index in [9.17, 15) is 10.1 Å². The van der Waals surface area contributed by atoms with Gasteiger partial charge in [0.1, 0.15) is 5.92 Å². The average Bonchev–Trinajstić information content (AvgIpc) is 2.44. The Labute approximate surface area is 124 Å². The van der Waals surface area contributed by atoms with Gasteiger partial charge < -0.3 is 0 Å². The van der Waals surface area contributed by atoms with Crippen LogP contribution in [0.4, 0.5) is 0 Å². The Bertz CT molecular complexity index is 652. The molecule has 94 valence electrons. The van der Waals surface area contributed by atoms with E-state index in [0.717, 1.165) is 0 Å². The minimum Gasteiger partial charge on any atom is -0.292 e. The van der Waals surface area contributed by atoms with E-state index >= 15 is 0 Å². The fraction of sp³-hybridized carbons (Fsp3) is 0.0714. The first-order valence-electron chi connectivity index (χ1n) is 5.43. The molecule has 5 heteroatoms.